The van der Waals surface area contributed by atoms with E-state index < -0.39 is 0 Å². The molecule has 0 aromatic rings. The fraction of sp³-hybridized carbons (Fsp3) is 1.00. The maximum atomic E-state index is 6.01. The summed E-state index contributed by atoms with van der Waals surface area (Å²) in [6, 6.07) is 0. The van der Waals surface area contributed by atoms with Crippen molar-refractivity contribution in [3.05, 3.63) is 0 Å². The van der Waals surface area contributed by atoms with Crippen molar-refractivity contribution >= 4 is 11.6 Å². The number of unbranched alkanes of at least 4 members (excludes halogenated alkanes) is 2. The monoisotopic (exact) mass is 204 g/mol. The van der Waals surface area contributed by atoms with Gasteiger partial charge in [-0.05, 0) is 32.1 Å². The average Bonchev–Trinajstić information content (AvgIpc) is 2.15. The summed E-state index contributed by atoms with van der Waals surface area (Å²) in [5.41, 5.74) is 0. The lowest BCUT2D eigenvalue weighted by molar-refractivity contribution is 0.0271. The number of hydrogen-bond acceptors (Lipinski definition) is 1. The molecule has 2 heteroatoms. The SMILES string of the molecule is CCCCCOC1CCC(Cl)CC1. The largest absolute Gasteiger partial charge is 0.378 e. The predicted molar refractivity (Wildman–Crippen MR) is 57.4 cm³/mol. The van der Waals surface area contributed by atoms with Crippen LogP contribution in [-0.4, -0.2) is 18.1 Å². The van der Waals surface area contributed by atoms with E-state index in [1.54, 1.807) is 0 Å². The van der Waals surface area contributed by atoms with Gasteiger partial charge in [0.15, 0.2) is 0 Å². The molecular weight excluding hydrogens is 184 g/mol. The molecule has 0 unspecified atom stereocenters. The van der Waals surface area contributed by atoms with Crippen LogP contribution in [0.15, 0.2) is 0 Å². The summed E-state index contributed by atoms with van der Waals surface area (Å²) in [6.07, 6.45) is 8.91. The Morgan fingerprint density at radius 2 is 1.85 bits per heavy atom. The zero-order valence-corrected chi connectivity index (χ0v) is 9.35. The van der Waals surface area contributed by atoms with Crippen LogP contribution < -0.4 is 0 Å². The zero-order chi connectivity index (χ0) is 9.52. The minimum absolute atomic E-state index is 0.412. The third kappa shape index (κ3) is 4.87. The van der Waals surface area contributed by atoms with Crippen molar-refractivity contribution in [3.8, 4) is 0 Å². The van der Waals surface area contributed by atoms with Gasteiger partial charge < -0.3 is 4.74 Å². The molecule has 1 nitrogen and oxygen atoms in total. The first kappa shape index (κ1) is 11.3. The van der Waals surface area contributed by atoms with Gasteiger partial charge in [-0.25, -0.2) is 0 Å². The van der Waals surface area contributed by atoms with Crippen molar-refractivity contribution in [1.82, 2.24) is 0 Å². The highest BCUT2D eigenvalue weighted by molar-refractivity contribution is 6.20. The maximum Gasteiger partial charge on any atom is 0.0576 e. The predicted octanol–water partition coefficient (Wildman–Crippen LogP) is 3.74. The smallest absolute Gasteiger partial charge is 0.0576 e. The number of ether oxygens (including phenoxy) is 1. The van der Waals surface area contributed by atoms with Gasteiger partial charge in [0.2, 0.25) is 0 Å². The van der Waals surface area contributed by atoms with Gasteiger partial charge in [-0.15, -0.1) is 11.6 Å². The van der Waals surface area contributed by atoms with Crippen LogP contribution in [0.25, 0.3) is 0 Å². The van der Waals surface area contributed by atoms with Crippen molar-refractivity contribution < 1.29 is 4.74 Å². The lowest BCUT2D eigenvalue weighted by atomic mass is 9.97. The third-order valence-electron chi connectivity index (χ3n) is 2.71. The first-order valence-electron chi connectivity index (χ1n) is 5.58. The maximum absolute atomic E-state index is 6.01. The lowest BCUT2D eigenvalue weighted by Crippen LogP contribution is -2.22. The molecule has 0 aliphatic heterocycles. The Morgan fingerprint density at radius 1 is 1.15 bits per heavy atom. The minimum atomic E-state index is 0.412. The Morgan fingerprint density at radius 3 is 2.46 bits per heavy atom. The summed E-state index contributed by atoms with van der Waals surface area (Å²) in [5, 5.41) is 0.412. The van der Waals surface area contributed by atoms with Crippen LogP contribution in [0.4, 0.5) is 0 Å². The summed E-state index contributed by atoms with van der Waals surface area (Å²) >= 11 is 6.01. The summed E-state index contributed by atoms with van der Waals surface area (Å²) in [7, 11) is 0. The van der Waals surface area contributed by atoms with E-state index in [4.69, 9.17) is 16.3 Å². The average molecular weight is 205 g/mol. The molecule has 1 fully saturated rings. The van der Waals surface area contributed by atoms with Gasteiger partial charge in [-0.1, -0.05) is 19.8 Å². The number of halogens is 1. The van der Waals surface area contributed by atoms with E-state index in [0.29, 0.717) is 11.5 Å². The van der Waals surface area contributed by atoms with E-state index in [9.17, 15) is 0 Å². The van der Waals surface area contributed by atoms with Gasteiger partial charge in [0, 0.05) is 12.0 Å². The molecule has 0 atom stereocenters. The van der Waals surface area contributed by atoms with Gasteiger partial charge >= 0.3 is 0 Å². The highest BCUT2D eigenvalue weighted by atomic mass is 35.5. The Bertz CT molecular complexity index is 119. The van der Waals surface area contributed by atoms with Crippen molar-refractivity contribution in [1.29, 1.82) is 0 Å². The minimum Gasteiger partial charge on any atom is -0.378 e. The fourth-order valence-corrected chi connectivity index (χ4v) is 2.04. The van der Waals surface area contributed by atoms with Crippen molar-refractivity contribution in [2.75, 3.05) is 6.61 Å². The highest BCUT2D eigenvalue weighted by Gasteiger charge is 2.19. The Kier molecular flexibility index (Phi) is 5.81. The molecule has 0 heterocycles. The van der Waals surface area contributed by atoms with Gasteiger partial charge in [0.05, 0.1) is 6.10 Å². The molecule has 0 saturated heterocycles. The van der Waals surface area contributed by atoms with E-state index in [1.807, 2.05) is 0 Å². The number of alkyl halides is 1. The summed E-state index contributed by atoms with van der Waals surface area (Å²) in [6.45, 7) is 3.17. The topological polar surface area (TPSA) is 9.23 Å². The van der Waals surface area contributed by atoms with Gasteiger partial charge in [-0.3, -0.25) is 0 Å². The van der Waals surface area contributed by atoms with Crippen LogP contribution >= 0.6 is 11.6 Å². The molecule has 1 rings (SSSR count). The van der Waals surface area contributed by atoms with Crippen LogP contribution in [0.3, 0.4) is 0 Å². The molecular formula is C11H21ClO. The zero-order valence-electron chi connectivity index (χ0n) is 8.60. The van der Waals surface area contributed by atoms with E-state index in [2.05, 4.69) is 6.92 Å². The molecule has 1 aliphatic carbocycles. The Labute approximate surface area is 86.8 Å². The number of hydrogen-bond donors (Lipinski definition) is 0. The quantitative estimate of drug-likeness (QED) is 0.490. The standard InChI is InChI=1S/C11H21ClO/c1-2-3-4-9-13-11-7-5-10(12)6-8-11/h10-11H,2-9H2,1H3. The summed E-state index contributed by atoms with van der Waals surface area (Å²) < 4.78 is 5.77. The van der Waals surface area contributed by atoms with Crippen LogP contribution in [0, 0.1) is 0 Å². The van der Waals surface area contributed by atoms with Crippen molar-refractivity contribution in [2.24, 2.45) is 0 Å². The Hall–Kier alpha value is 0.250. The first-order valence-corrected chi connectivity index (χ1v) is 6.02. The van der Waals surface area contributed by atoms with Crippen LogP contribution in [-0.2, 0) is 4.74 Å². The summed E-state index contributed by atoms with van der Waals surface area (Å²) in [4.78, 5) is 0. The second-order valence-corrected chi connectivity index (χ2v) is 4.57. The van der Waals surface area contributed by atoms with Crippen LogP contribution in [0.5, 0.6) is 0 Å². The van der Waals surface area contributed by atoms with Crippen LogP contribution in [0.1, 0.15) is 51.9 Å². The van der Waals surface area contributed by atoms with Gasteiger partial charge in [0.25, 0.3) is 0 Å². The number of rotatable bonds is 5. The molecule has 0 bridgehead atoms. The summed E-state index contributed by atoms with van der Waals surface area (Å²) in [5.74, 6) is 0. The second kappa shape index (κ2) is 6.67. The van der Waals surface area contributed by atoms with Crippen molar-refractivity contribution in [2.45, 2.75) is 63.4 Å². The van der Waals surface area contributed by atoms with E-state index in [1.165, 1.54) is 32.1 Å². The molecule has 0 spiro atoms. The molecule has 0 N–H and O–H groups in total. The lowest BCUT2D eigenvalue weighted by Gasteiger charge is -2.25. The molecule has 0 aromatic heterocycles. The normalized spacial score (nSPS) is 29.1. The molecule has 1 saturated carbocycles. The molecule has 13 heavy (non-hydrogen) atoms. The van der Waals surface area contributed by atoms with E-state index in [-0.39, 0.29) is 0 Å². The molecule has 0 aromatic carbocycles. The second-order valence-electron chi connectivity index (χ2n) is 3.95. The van der Waals surface area contributed by atoms with Crippen LogP contribution in [0.2, 0.25) is 0 Å². The van der Waals surface area contributed by atoms with E-state index >= 15 is 0 Å². The Balaban J connectivity index is 1.96. The molecule has 78 valence electrons. The van der Waals surface area contributed by atoms with Crippen molar-refractivity contribution in [3.63, 3.8) is 0 Å². The highest BCUT2D eigenvalue weighted by Crippen LogP contribution is 2.24. The van der Waals surface area contributed by atoms with Gasteiger partial charge in [0.1, 0.15) is 0 Å². The molecule has 0 radical (unpaired) electrons. The molecule has 0 amide bonds. The van der Waals surface area contributed by atoms with Gasteiger partial charge in [-0.2, -0.15) is 0 Å². The van der Waals surface area contributed by atoms with E-state index in [0.717, 1.165) is 19.4 Å². The first-order chi connectivity index (χ1) is 6.33. The fourth-order valence-electron chi connectivity index (χ4n) is 1.79. The third-order valence-corrected chi connectivity index (χ3v) is 3.14. The molecule has 1 aliphatic rings.